The number of aromatic nitrogens is 1. The summed E-state index contributed by atoms with van der Waals surface area (Å²) in [7, 11) is 0. The summed E-state index contributed by atoms with van der Waals surface area (Å²) in [4.78, 5) is 9.27. The highest BCUT2D eigenvalue weighted by Crippen LogP contribution is 2.19. The molecule has 0 bridgehead atoms. The molecule has 2 atom stereocenters. The molecule has 2 heterocycles. The van der Waals surface area contributed by atoms with Gasteiger partial charge < -0.3 is 10.0 Å². The van der Waals surface area contributed by atoms with Crippen LogP contribution in [0.2, 0.25) is 0 Å². The number of nitrogens with zero attached hydrogens (tertiary/aromatic N) is 3. The standard InChI is InChI=1S/C14H23N3O/c1-4-16-7-8-17(10-11(16)2)14-6-5-13(9-15-14)12(3)18/h5-6,9,11-12,18H,4,7-8,10H2,1-3H3/t11?,12-/m1/s1. The second-order valence-electron chi connectivity index (χ2n) is 5.05. The maximum atomic E-state index is 9.47. The second kappa shape index (κ2) is 5.67. The van der Waals surface area contributed by atoms with Crippen LogP contribution in [0.3, 0.4) is 0 Å². The van der Waals surface area contributed by atoms with Crippen LogP contribution in [0, 0.1) is 0 Å². The Morgan fingerprint density at radius 3 is 2.72 bits per heavy atom. The van der Waals surface area contributed by atoms with Gasteiger partial charge in [0.15, 0.2) is 0 Å². The zero-order valence-corrected chi connectivity index (χ0v) is 11.5. The lowest BCUT2D eigenvalue weighted by molar-refractivity contribution is 0.197. The van der Waals surface area contributed by atoms with Gasteiger partial charge in [-0.2, -0.15) is 0 Å². The van der Waals surface area contributed by atoms with Gasteiger partial charge in [0.2, 0.25) is 0 Å². The lowest BCUT2D eigenvalue weighted by Crippen LogP contribution is -2.51. The van der Waals surface area contributed by atoms with Gasteiger partial charge in [-0.3, -0.25) is 4.90 Å². The van der Waals surface area contributed by atoms with E-state index in [1.807, 2.05) is 12.1 Å². The van der Waals surface area contributed by atoms with E-state index in [1.54, 1.807) is 13.1 Å². The van der Waals surface area contributed by atoms with Crippen LogP contribution < -0.4 is 4.90 Å². The van der Waals surface area contributed by atoms with E-state index in [-0.39, 0.29) is 0 Å². The Morgan fingerprint density at radius 1 is 1.44 bits per heavy atom. The summed E-state index contributed by atoms with van der Waals surface area (Å²) < 4.78 is 0. The van der Waals surface area contributed by atoms with Crippen LogP contribution in [0.25, 0.3) is 0 Å². The summed E-state index contributed by atoms with van der Waals surface area (Å²) in [6, 6.07) is 4.54. The predicted octanol–water partition coefficient (Wildman–Crippen LogP) is 1.67. The monoisotopic (exact) mass is 249 g/mol. The van der Waals surface area contributed by atoms with E-state index in [9.17, 15) is 5.11 Å². The molecule has 4 heteroatoms. The molecule has 0 spiro atoms. The molecule has 1 saturated heterocycles. The molecule has 1 unspecified atom stereocenters. The van der Waals surface area contributed by atoms with Crippen LogP contribution in [0.5, 0.6) is 0 Å². The molecular formula is C14H23N3O. The molecule has 1 N–H and O–H groups in total. The largest absolute Gasteiger partial charge is 0.389 e. The Balaban J connectivity index is 2.04. The summed E-state index contributed by atoms with van der Waals surface area (Å²) in [5.41, 5.74) is 0.874. The number of likely N-dealkylation sites (N-methyl/N-ethyl adjacent to an activating group) is 1. The lowest BCUT2D eigenvalue weighted by atomic mass is 10.1. The molecule has 0 radical (unpaired) electrons. The summed E-state index contributed by atoms with van der Waals surface area (Å²) in [5.74, 6) is 1.02. The number of hydrogen-bond acceptors (Lipinski definition) is 4. The van der Waals surface area contributed by atoms with E-state index < -0.39 is 6.10 Å². The van der Waals surface area contributed by atoms with E-state index in [0.29, 0.717) is 6.04 Å². The number of aliphatic hydroxyl groups is 1. The Morgan fingerprint density at radius 2 is 2.22 bits per heavy atom. The minimum absolute atomic E-state index is 0.442. The highest BCUT2D eigenvalue weighted by atomic mass is 16.3. The Hall–Kier alpha value is -1.13. The molecule has 2 rings (SSSR count). The van der Waals surface area contributed by atoms with Crippen molar-refractivity contribution in [1.29, 1.82) is 0 Å². The molecule has 1 fully saturated rings. The predicted molar refractivity (Wildman–Crippen MR) is 73.8 cm³/mol. The molecule has 0 aromatic carbocycles. The highest BCUT2D eigenvalue weighted by Gasteiger charge is 2.22. The minimum Gasteiger partial charge on any atom is -0.389 e. The molecule has 0 saturated carbocycles. The molecule has 4 nitrogen and oxygen atoms in total. The zero-order valence-electron chi connectivity index (χ0n) is 11.5. The number of rotatable bonds is 3. The van der Waals surface area contributed by atoms with Crippen molar-refractivity contribution in [3.05, 3.63) is 23.9 Å². The number of anilines is 1. The maximum absolute atomic E-state index is 9.47. The third kappa shape index (κ3) is 2.82. The van der Waals surface area contributed by atoms with Gasteiger partial charge in [0.25, 0.3) is 0 Å². The Bertz CT molecular complexity index is 377. The van der Waals surface area contributed by atoms with Crippen LogP contribution in [0.4, 0.5) is 5.82 Å². The molecule has 0 aliphatic carbocycles. The number of hydrogen-bond donors (Lipinski definition) is 1. The van der Waals surface area contributed by atoms with Crippen LogP contribution in [-0.2, 0) is 0 Å². The molecule has 18 heavy (non-hydrogen) atoms. The summed E-state index contributed by atoms with van der Waals surface area (Å²) >= 11 is 0. The van der Waals surface area contributed by atoms with Gasteiger partial charge in [-0.25, -0.2) is 4.98 Å². The van der Waals surface area contributed by atoms with E-state index in [4.69, 9.17) is 0 Å². The van der Waals surface area contributed by atoms with Crippen molar-refractivity contribution in [2.75, 3.05) is 31.1 Å². The third-order valence-corrected chi connectivity index (χ3v) is 3.75. The van der Waals surface area contributed by atoms with E-state index in [1.165, 1.54) is 0 Å². The number of piperazine rings is 1. The van der Waals surface area contributed by atoms with Crippen molar-refractivity contribution in [2.45, 2.75) is 32.9 Å². The molecule has 0 amide bonds. The maximum Gasteiger partial charge on any atom is 0.128 e. The summed E-state index contributed by atoms with van der Waals surface area (Å²) in [6.07, 6.45) is 1.33. The van der Waals surface area contributed by atoms with Crippen molar-refractivity contribution < 1.29 is 5.11 Å². The van der Waals surface area contributed by atoms with E-state index in [2.05, 4.69) is 28.6 Å². The van der Waals surface area contributed by atoms with Crippen LogP contribution in [-0.4, -0.2) is 47.2 Å². The summed E-state index contributed by atoms with van der Waals surface area (Å²) in [6.45, 7) is 10.5. The molecule has 1 aliphatic heterocycles. The molecule has 100 valence electrons. The Kier molecular flexibility index (Phi) is 4.19. The zero-order chi connectivity index (χ0) is 13.1. The third-order valence-electron chi connectivity index (χ3n) is 3.75. The van der Waals surface area contributed by atoms with Crippen molar-refractivity contribution in [2.24, 2.45) is 0 Å². The number of pyridine rings is 1. The van der Waals surface area contributed by atoms with Gasteiger partial charge in [0.1, 0.15) is 5.82 Å². The van der Waals surface area contributed by atoms with Gasteiger partial charge >= 0.3 is 0 Å². The molecule has 1 aromatic rings. The number of aliphatic hydroxyl groups excluding tert-OH is 1. The van der Waals surface area contributed by atoms with Gasteiger partial charge in [-0.15, -0.1) is 0 Å². The first-order valence-corrected chi connectivity index (χ1v) is 6.74. The molecular weight excluding hydrogens is 226 g/mol. The fourth-order valence-electron chi connectivity index (χ4n) is 2.50. The fourth-order valence-corrected chi connectivity index (χ4v) is 2.50. The second-order valence-corrected chi connectivity index (χ2v) is 5.05. The first kappa shape index (κ1) is 13.3. The topological polar surface area (TPSA) is 39.6 Å². The normalized spacial score (nSPS) is 23.1. The van der Waals surface area contributed by atoms with Gasteiger partial charge in [0, 0.05) is 31.9 Å². The Labute approximate surface area is 109 Å². The average molecular weight is 249 g/mol. The lowest BCUT2D eigenvalue weighted by Gasteiger charge is -2.39. The van der Waals surface area contributed by atoms with Crippen molar-refractivity contribution >= 4 is 5.82 Å². The van der Waals surface area contributed by atoms with Gasteiger partial charge in [0.05, 0.1) is 6.10 Å². The molecule has 1 aromatic heterocycles. The first-order valence-electron chi connectivity index (χ1n) is 6.74. The van der Waals surface area contributed by atoms with Crippen LogP contribution in [0.1, 0.15) is 32.4 Å². The minimum atomic E-state index is -0.442. The molecule has 1 aliphatic rings. The van der Waals surface area contributed by atoms with Crippen LogP contribution in [0.15, 0.2) is 18.3 Å². The van der Waals surface area contributed by atoms with Gasteiger partial charge in [-0.05, 0) is 32.0 Å². The van der Waals surface area contributed by atoms with Crippen molar-refractivity contribution in [1.82, 2.24) is 9.88 Å². The average Bonchev–Trinajstić information content (AvgIpc) is 2.38. The quantitative estimate of drug-likeness (QED) is 0.884. The van der Waals surface area contributed by atoms with Crippen LogP contribution >= 0.6 is 0 Å². The van der Waals surface area contributed by atoms with Crippen molar-refractivity contribution in [3.8, 4) is 0 Å². The smallest absolute Gasteiger partial charge is 0.128 e. The van der Waals surface area contributed by atoms with Gasteiger partial charge in [-0.1, -0.05) is 13.0 Å². The highest BCUT2D eigenvalue weighted by molar-refractivity contribution is 5.40. The van der Waals surface area contributed by atoms with E-state index >= 15 is 0 Å². The van der Waals surface area contributed by atoms with E-state index in [0.717, 1.165) is 37.6 Å². The summed E-state index contributed by atoms with van der Waals surface area (Å²) in [5, 5.41) is 9.47. The first-order chi connectivity index (χ1) is 8.61. The van der Waals surface area contributed by atoms with Crippen molar-refractivity contribution in [3.63, 3.8) is 0 Å². The fraction of sp³-hybridized carbons (Fsp3) is 0.643. The SMILES string of the molecule is CCN1CCN(c2ccc([C@@H](C)O)cn2)CC1C.